The van der Waals surface area contributed by atoms with E-state index in [0.717, 1.165) is 50.2 Å². The van der Waals surface area contributed by atoms with E-state index >= 15 is 0 Å². The van der Waals surface area contributed by atoms with Gasteiger partial charge in [-0.1, -0.05) is 12.8 Å². The van der Waals surface area contributed by atoms with Crippen LogP contribution in [0.25, 0.3) is 0 Å². The number of benzene rings is 1. The second kappa shape index (κ2) is 8.23. The van der Waals surface area contributed by atoms with Crippen molar-refractivity contribution in [1.29, 1.82) is 5.26 Å². The lowest BCUT2D eigenvalue weighted by Crippen LogP contribution is -2.61. The predicted molar refractivity (Wildman–Crippen MR) is 124 cm³/mol. The summed E-state index contributed by atoms with van der Waals surface area (Å²) >= 11 is 0. The van der Waals surface area contributed by atoms with Gasteiger partial charge in [-0.3, -0.25) is 9.59 Å². The molecular weight excluding hydrogens is 416 g/mol. The van der Waals surface area contributed by atoms with E-state index in [-0.39, 0.29) is 11.9 Å². The molecule has 4 aliphatic rings. The van der Waals surface area contributed by atoms with Crippen molar-refractivity contribution in [2.24, 2.45) is 22.5 Å². The number of hydrogen-bond donors (Lipinski definition) is 1. The van der Waals surface area contributed by atoms with Crippen LogP contribution in [0, 0.1) is 28.1 Å². The summed E-state index contributed by atoms with van der Waals surface area (Å²) in [5.41, 5.74) is 5.31. The van der Waals surface area contributed by atoms with E-state index in [0.29, 0.717) is 38.3 Å². The summed E-state index contributed by atoms with van der Waals surface area (Å²) in [5.74, 6) is -0.0248. The lowest BCUT2D eigenvalue weighted by molar-refractivity contribution is -0.155. The number of piperazine rings is 1. The van der Waals surface area contributed by atoms with Crippen LogP contribution in [-0.2, 0) is 9.59 Å². The molecule has 1 heterocycles. The zero-order chi connectivity index (χ0) is 23.2. The van der Waals surface area contributed by atoms with Gasteiger partial charge in [-0.05, 0) is 69.7 Å². The molecule has 0 radical (unpaired) electrons. The van der Waals surface area contributed by atoms with Crippen molar-refractivity contribution in [3.63, 3.8) is 0 Å². The van der Waals surface area contributed by atoms with Gasteiger partial charge in [0.1, 0.15) is 5.75 Å². The van der Waals surface area contributed by atoms with Gasteiger partial charge in [-0.25, -0.2) is 0 Å². The largest absolute Gasteiger partial charge is 0.490 e. The molecule has 1 aromatic carbocycles. The molecule has 1 aliphatic heterocycles. The first-order valence-electron chi connectivity index (χ1n) is 12.4. The average molecular weight is 451 g/mol. The molecule has 0 aromatic heterocycles. The number of ether oxygens (including phenoxy) is 1. The minimum atomic E-state index is -1.02. The highest BCUT2D eigenvalue weighted by Crippen LogP contribution is 2.65. The summed E-state index contributed by atoms with van der Waals surface area (Å²) in [7, 11) is 0. The van der Waals surface area contributed by atoms with Gasteiger partial charge in [0.25, 0.3) is 0 Å². The number of nitrogens with zero attached hydrogens (tertiary/aromatic N) is 3. The second-order valence-corrected chi connectivity index (χ2v) is 10.5. The molecule has 3 saturated carbocycles. The molecule has 0 bridgehead atoms. The maximum Gasteiger partial charge on any atom is 0.227 e. The number of carbonyl (C=O) groups excluding carboxylic acids is 2. The van der Waals surface area contributed by atoms with Crippen LogP contribution in [-0.4, -0.2) is 48.5 Å². The normalized spacial score (nSPS) is 30.9. The van der Waals surface area contributed by atoms with E-state index < -0.39 is 22.7 Å². The molecule has 2 amide bonds. The number of carbonyl (C=O) groups is 2. The molecule has 33 heavy (non-hydrogen) atoms. The molecule has 176 valence electrons. The number of primary amides is 1. The van der Waals surface area contributed by atoms with Gasteiger partial charge in [-0.2, -0.15) is 5.26 Å². The summed E-state index contributed by atoms with van der Waals surface area (Å²) < 4.78 is 5.85. The fourth-order valence-corrected chi connectivity index (χ4v) is 6.23. The van der Waals surface area contributed by atoms with Crippen molar-refractivity contribution in [2.45, 2.75) is 70.4 Å². The predicted octanol–water partition coefficient (Wildman–Crippen LogP) is 3.23. The van der Waals surface area contributed by atoms with Gasteiger partial charge in [0, 0.05) is 31.4 Å². The van der Waals surface area contributed by atoms with E-state index in [4.69, 9.17) is 10.5 Å². The van der Waals surface area contributed by atoms with Crippen molar-refractivity contribution in [1.82, 2.24) is 4.90 Å². The van der Waals surface area contributed by atoms with Crippen molar-refractivity contribution < 1.29 is 14.3 Å². The van der Waals surface area contributed by atoms with Crippen LogP contribution in [0.4, 0.5) is 5.69 Å². The Morgan fingerprint density at radius 2 is 1.82 bits per heavy atom. The third kappa shape index (κ3) is 3.74. The van der Waals surface area contributed by atoms with E-state index in [1.807, 2.05) is 17.0 Å². The molecule has 1 saturated heterocycles. The average Bonchev–Trinajstić information content (AvgIpc) is 3.75. The summed E-state index contributed by atoms with van der Waals surface area (Å²) in [4.78, 5) is 30.9. The Morgan fingerprint density at radius 3 is 2.39 bits per heavy atom. The highest BCUT2D eigenvalue weighted by atomic mass is 16.5. The van der Waals surface area contributed by atoms with E-state index in [1.165, 1.54) is 0 Å². The SMILES string of the molecule is C[C@@H]1CN(c2ccc(OC3CC3)cc2)CCN1C(=O)C1CCCCC1(C(N)=O)C1(C#N)CC1. The van der Waals surface area contributed by atoms with E-state index in [2.05, 4.69) is 30.0 Å². The zero-order valence-corrected chi connectivity index (χ0v) is 19.5. The third-order valence-electron chi connectivity index (χ3n) is 8.40. The Bertz CT molecular complexity index is 963. The maximum atomic E-state index is 13.8. The molecule has 0 spiro atoms. The standard InChI is InChI=1S/C26H34N4O3/c1-18-16-29(19-5-7-20(8-6-19)33-21-9-10-21)14-15-30(18)23(31)22-4-2-3-11-26(22,24(28)32)25(17-27)12-13-25/h5-8,18,21-22H,2-4,9-16H2,1H3,(H2,28,32)/t18-,22?,26?/m1/s1. The first kappa shape index (κ1) is 22.1. The lowest BCUT2D eigenvalue weighted by Gasteiger charge is -2.48. The van der Waals surface area contributed by atoms with Crippen LogP contribution in [0.2, 0.25) is 0 Å². The number of rotatable bonds is 6. The summed E-state index contributed by atoms with van der Waals surface area (Å²) in [6, 6.07) is 10.6. The fraction of sp³-hybridized carbons (Fsp3) is 0.654. The second-order valence-electron chi connectivity index (χ2n) is 10.5. The summed E-state index contributed by atoms with van der Waals surface area (Å²) in [5, 5.41) is 9.92. The Kier molecular flexibility index (Phi) is 5.50. The van der Waals surface area contributed by atoms with Crippen LogP contribution in [0.5, 0.6) is 5.75 Å². The van der Waals surface area contributed by atoms with Crippen LogP contribution >= 0.6 is 0 Å². The van der Waals surface area contributed by atoms with Gasteiger partial charge in [0.05, 0.1) is 28.9 Å². The van der Waals surface area contributed by atoms with Gasteiger partial charge in [0.2, 0.25) is 11.8 Å². The molecule has 3 aliphatic carbocycles. The lowest BCUT2D eigenvalue weighted by atomic mass is 9.57. The van der Waals surface area contributed by atoms with E-state index in [1.54, 1.807) is 0 Å². The minimum absolute atomic E-state index is 0.00959. The third-order valence-corrected chi connectivity index (χ3v) is 8.40. The highest BCUT2D eigenvalue weighted by Gasteiger charge is 2.68. The van der Waals surface area contributed by atoms with Gasteiger partial charge in [-0.15, -0.1) is 0 Å². The van der Waals surface area contributed by atoms with Crippen molar-refractivity contribution >= 4 is 17.5 Å². The molecule has 1 aromatic rings. The highest BCUT2D eigenvalue weighted by molar-refractivity contribution is 5.92. The summed E-state index contributed by atoms with van der Waals surface area (Å²) in [6.07, 6.45) is 6.94. The van der Waals surface area contributed by atoms with Crippen LogP contribution in [0.15, 0.2) is 24.3 Å². The van der Waals surface area contributed by atoms with Crippen molar-refractivity contribution in [2.75, 3.05) is 24.5 Å². The molecule has 7 nitrogen and oxygen atoms in total. The van der Waals surface area contributed by atoms with Gasteiger partial charge >= 0.3 is 0 Å². The molecular formula is C26H34N4O3. The fourth-order valence-electron chi connectivity index (χ4n) is 6.23. The monoisotopic (exact) mass is 450 g/mol. The Hall–Kier alpha value is -2.75. The van der Waals surface area contributed by atoms with Crippen molar-refractivity contribution in [3.05, 3.63) is 24.3 Å². The summed E-state index contributed by atoms with van der Waals surface area (Å²) in [6.45, 7) is 4.14. The Labute approximate surface area is 195 Å². The number of anilines is 1. The number of nitriles is 1. The van der Waals surface area contributed by atoms with Gasteiger partial charge < -0.3 is 20.3 Å². The Balaban J connectivity index is 1.30. The minimum Gasteiger partial charge on any atom is -0.490 e. The zero-order valence-electron chi connectivity index (χ0n) is 19.5. The number of nitrogens with two attached hydrogens (primary N) is 1. The van der Waals surface area contributed by atoms with Crippen LogP contribution in [0.3, 0.4) is 0 Å². The van der Waals surface area contributed by atoms with Crippen LogP contribution in [0.1, 0.15) is 58.3 Å². The van der Waals surface area contributed by atoms with Crippen LogP contribution < -0.4 is 15.4 Å². The number of hydrogen-bond acceptors (Lipinski definition) is 5. The molecule has 3 atom stereocenters. The molecule has 2 N–H and O–H groups in total. The van der Waals surface area contributed by atoms with E-state index in [9.17, 15) is 14.9 Å². The molecule has 2 unspecified atom stereocenters. The maximum absolute atomic E-state index is 13.8. The smallest absolute Gasteiger partial charge is 0.227 e. The number of amides is 2. The molecule has 4 fully saturated rings. The molecule has 5 rings (SSSR count). The van der Waals surface area contributed by atoms with Gasteiger partial charge in [0.15, 0.2) is 0 Å². The van der Waals surface area contributed by atoms with Crippen molar-refractivity contribution in [3.8, 4) is 11.8 Å². The molecule has 7 heteroatoms. The topological polar surface area (TPSA) is 99.7 Å². The first-order valence-corrected chi connectivity index (χ1v) is 12.4. The quantitative estimate of drug-likeness (QED) is 0.717. The Morgan fingerprint density at radius 1 is 1.09 bits per heavy atom. The first-order chi connectivity index (χ1) is 15.9.